The molecule has 0 bridgehead atoms. The van der Waals surface area contributed by atoms with Gasteiger partial charge in [0, 0.05) is 12.6 Å². The summed E-state index contributed by atoms with van der Waals surface area (Å²) in [5, 5.41) is 3.58. The molecule has 2 atom stereocenters. The minimum Gasteiger partial charge on any atom is -0.310 e. The van der Waals surface area contributed by atoms with Gasteiger partial charge in [-0.25, -0.2) is 4.39 Å². The molecule has 2 rings (SSSR count). The quantitative estimate of drug-likeness (QED) is 0.849. The smallest absolute Gasteiger partial charge is 0.123 e. The first-order chi connectivity index (χ1) is 8.44. The van der Waals surface area contributed by atoms with Crippen LogP contribution in [0.15, 0.2) is 24.3 Å². The number of hydrogen-bond donors (Lipinski definition) is 1. The molecule has 1 aliphatic rings. The molecule has 0 heterocycles. The molecule has 2 unspecified atom stereocenters. The molecule has 0 saturated heterocycles. The Morgan fingerprint density at radius 3 is 2.78 bits per heavy atom. The van der Waals surface area contributed by atoms with Crippen LogP contribution < -0.4 is 5.32 Å². The van der Waals surface area contributed by atoms with Crippen LogP contribution in [-0.2, 0) is 6.54 Å². The molecule has 18 heavy (non-hydrogen) atoms. The molecule has 0 aromatic heterocycles. The summed E-state index contributed by atoms with van der Waals surface area (Å²) in [6.07, 6.45) is 3.76. The lowest BCUT2D eigenvalue weighted by Gasteiger charge is -2.39. The summed E-state index contributed by atoms with van der Waals surface area (Å²) in [7, 11) is 0. The van der Waals surface area contributed by atoms with E-state index in [-0.39, 0.29) is 5.82 Å². The van der Waals surface area contributed by atoms with Gasteiger partial charge in [0.05, 0.1) is 0 Å². The van der Waals surface area contributed by atoms with Crippen molar-refractivity contribution in [3.8, 4) is 0 Å². The molecule has 0 amide bonds. The minimum atomic E-state index is -0.147. The van der Waals surface area contributed by atoms with E-state index in [9.17, 15) is 4.39 Å². The molecule has 100 valence electrons. The van der Waals surface area contributed by atoms with Gasteiger partial charge in [-0.3, -0.25) is 0 Å². The lowest BCUT2D eigenvalue weighted by molar-refractivity contribution is 0.151. The van der Waals surface area contributed by atoms with Gasteiger partial charge in [0.15, 0.2) is 0 Å². The number of rotatable bonds is 3. The fourth-order valence-electron chi connectivity index (χ4n) is 3.41. The van der Waals surface area contributed by atoms with Crippen LogP contribution in [0.2, 0.25) is 0 Å². The molecule has 0 radical (unpaired) electrons. The van der Waals surface area contributed by atoms with Crippen LogP contribution in [0.4, 0.5) is 4.39 Å². The second-order valence-corrected chi connectivity index (χ2v) is 6.62. The Morgan fingerprint density at radius 1 is 1.33 bits per heavy atom. The molecule has 1 nitrogen and oxygen atoms in total. The van der Waals surface area contributed by atoms with Gasteiger partial charge in [-0.15, -0.1) is 0 Å². The van der Waals surface area contributed by atoms with Gasteiger partial charge in [-0.1, -0.05) is 32.9 Å². The predicted molar refractivity (Wildman–Crippen MR) is 73.8 cm³/mol. The first-order valence-corrected chi connectivity index (χ1v) is 6.92. The highest BCUT2D eigenvalue weighted by Gasteiger charge is 2.31. The maximum Gasteiger partial charge on any atom is 0.123 e. The third kappa shape index (κ3) is 3.81. The maximum atomic E-state index is 13.1. The van der Waals surface area contributed by atoms with Crippen molar-refractivity contribution >= 4 is 0 Å². The second kappa shape index (κ2) is 5.40. The molecule has 1 saturated carbocycles. The number of nitrogens with one attached hydrogen (secondary N) is 1. The van der Waals surface area contributed by atoms with E-state index in [2.05, 4.69) is 26.1 Å². The maximum absolute atomic E-state index is 13.1. The van der Waals surface area contributed by atoms with Crippen molar-refractivity contribution in [1.82, 2.24) is 5.32 Å². The summed E-state index contributed by atoms with van der Waals surface area (Å²) in [5.74, 6) is 0.630. The molecular weight excluding hydrogens is 225 g/mol. The van der Waals surface area contributed by atoms with E-state index >= 15 is 0 Å². The molecule has 1 aliphatic carbocycles. The molecule has 2 heteroatoms. The minimum absolute atomic E-state index is 0.147. The molecule has 1 aromatic carbocycles. The van der Waals surface area contributed by atoms with Gasteiger partial charge in [0.1, 0.15) is 5.82 Å². The third-order valence-corrected chi connectivity index (χ3v) is 3.87. The van der Waals surface area contributed by atoms with Crippen molar-refractivity contribution in [3.63, 3.8) is 0 Å². The average Bonchev–Trinajstić information content (AvgIpc) is 2.24. The lowest BCUT2D eigenvalue weighted by atomic mass is 9.70. The van der Waals surface area contributed by atoms with Crippen LogP contribution in [-0.4, -0.2) is 6.04 Å². The van der Waals surface area contributed by atoms with Gasteiger partial charge in [-0.05, 0) is 48.3 Å². The molecule has 0 spiro atoms. The van der Waals surface area contributed by atoms with Crippen LogP contribution in [0.3, 0.4) is 0 Å². The molecule has 1 aromatic rings. The first kappa shape index (κ1) is 13.5. The summed E-state index contributed by atoms with van der Waals surface area (Å²) in [4.78, 5) is 0. The Balaban J connectivity index is 1.90. The van der Waals surface area contributed by atoms with Gasteiger partial charge >= 0.3 is 0 Å². The fraction of sp³-hybridized carbons (Fsp3) is 0.625. The Labute approximate surface area is 110 Å². The SMILES string of the molecule is CC1CC(NCc2cccc(F)c2)CC(C)(C)C1. The van der Waals surface area contributed by atoms with E-state index in [1.807, 2.05) is 6.07 Å². The zero-order valence-electron chi connectivity index (χ0n) is 11.7. The topological polar surface area (TPSA) is 12.0 Å². The van der Waals surface area contributed by atoms with Crippen molar-refractivity contribution in [2.24, 2.45) is 11.3 Å². The molecule has 0 aliphatic heterocycles. The predicted octanol–water partition coefficient (Wildman–Crippen LogP) is 4.13. The van der Waals surface area contributed by atoms with Crippen molar-refractivity contribution in [2.45, 2.75) is 52.6 Å². The summed E-state index contributed by atoms with van der Waals surface area (Å²) < 4.78 is 13.1. The monoisotopic (exact) mass is 249 g/mol. The van der Waals surface area contributed by atoms with Crippen LogP contribution >= 0.6 is 0 Å². The summed E-state index contributed by atoms with van der Waals surface area (Å²) >= 11 is 0. The number of halogens is 1. The highest BCUT2D eigenvalue weighted by atomic mass is 19.1. The van der Waals surface area contributed by atoms with Crippen LogP contribution in [0.1, 0.15) is 45.6 Å². The van der Waals surface area contributed by atoms with E-state index in [1.54, 1.807) is 12.1 Å². The van der Waals surface area contributed by atoms with Crippen molar-refractivity contribution in [2.75, 3.05) is 0 Å². The molecular formula is C16H24FN. The Morgan fingerprint density at radius 2 is 2.11 bits per heavy atom. The van der Waals surface area contributed by atoms with E-state index in [0.717, 1.165) is 18.0 Å². The first-order valence-electron chi connectivity index (χ1n) is 6.92. The van der Waals surface area contributed by atoms with Crippen molar-refractivity contribution in [1.29, 1.82) is 0 Å². The van der Waals surface area contributed by atoms with E-state index < -0.39 is 0 Å². The van der Waals surface area contributed by atoms with Crippen LogP contribution in [0.25, 0.3) is 0 Å². The summed E-state index contributed by atoms with van der Waals surface area (Å²) in [6.45, 7) is 7.79. The van der Waals surface area contributed by atoms with Gasteiger partial charge in [0.2, 0.25) is 0 Å². The van der Waals surface area contributed by atoms with Gasteiger partial charge in [-0.2, -0.15) is 0 Å². The Hall–Kier alpha value is -0.890. The zero-order chi connectivity index (χ0) is 13.2. The van der Waals surface area contributed by atoms with Crippen LogP contribution in [0, 0.1) is 17.2 Å². The largest absolute Gasteiger partial charge is 0.310 e. The standard InChI is InChI=1S/C16H24FN/c1-12-7-15(10-16(2,3)9-12)18-11-13-5-4-6-14(17)8-13/h4-6,8,12,15,18H,7,9-11H2,1-3H3. The van der Waals surface area contributed by atoms with Crippen molar-refractivity contribution < 1.29 is 4.39 Å². The molecule has 1 N–H and O–H groups in total. The summed E-state index contributed by atoms with van der Waals surface area (Å²) in [6, 6.07) is 7.43. The van der Waals surface area contributed by atoms with E-state index in [4.69, 9.17) is 0 Å². The average molecular weight is 249 g/mol. The highest BCUT2D eigenvalue weighted by molar-refractivity contribution is 5.16. The van der Waals surface area contributed by atoms with Crippen molar-refractivity contribution in [3.05, 3.63) is 35.6 Å². The number of benzene rings is 1. The van der Waals surface area contributed by atoms with Crippen LogP contribution in [0.5, 0.6) is 0 Å². The van der Waals surface area contributed by atoms with Gasteiger partial charge < -0.3 is 5.32 Å². The highest BCUT2D eigenvalue weighted by Crippen LogP contribution is 2.38. The lowest BCUT2D eigenvalue weighted by Crippen LogP contribution is -2.39. The fourth-order valence-corrected chi connectivity index (χ4v) is 3.41. The Kier molecular flexibility index (Phi) is 4.06. The number of hydrogen-bond acceptors (Lipinski definition) is 1. The third-order valence-electron chi connectivity index (χ3n) is 3.87. The zero-order valence-corrected chi connectivity index (χ0v) is 11.7. The van der Waals surface area contributed by atoms with E-state index in [1.165, 1.54) is 25.3 Å². The van der Waals surface area contributed by atoms with Gasteiger partial charge in [0.25, 0.3) is 0 Å². The summed E-state index contributed by atoms with van der Waals surface area (Å²) in [5.41, 5.74) is 1.46. The second-order valence-electron chi connectivity index (χ2n) is 6.62. The normalized spacial score (nSPS) is 27.1. The van der Waals surface area contributed by atoms with E-state index in [0.29, 0.717) is 11.5 Å². The molecule has 1 fully saturated rings. The Bertz CT molecular complexity index is 400.